The van der Waals surface area contributed by atoms with Gasteiger partial charge in [0.15, 0.2) is 9.92 Å². The summed E-state index contributed by atoms with van der Waals surface area (Å²) < 4.78 is 6.56. The molecule has 1 aliphatic heterocycles. The van der Waals surface area contributed by atoms with Gasteiger partial charge in [-0.1, -0.05) is 23.5 Å². The fraction of sp³-hybridized carbons (Fsp3) is 0.308. The third-order valence-electron chi connectivity index (χ3n) is 3.22. The fourth-order valence-electron chi connectivity index (χ4n) is 2.25. The highest BCUT2D eigenvalue weighted by molar-refractivity contribution is 8.00. The molecule has 0 N–H and O–H groups in total. The molecular formula is C13H12N4OS2. The topological polar surface area (TPSA) is 55.1 Å². The highest BCUT2D eigenvalue weighted by Crippen LogP contribution is 2.35. The van der Waals surface area contributed by atoms with Gasteiger partial charge >= 0.3 is 0 Å². The van der Waals surface area contributed by atoms with Crippen LogP contribution in [0.15, 0.2) is 38.2 Å². The van der Waals surface area contributed by atoms with Crippen LogP contribution in [-0.4, -0.2) is 28.3 Å². The monoisotopic (exact) mass is 304 g/mol. The molecule has 1 aromatic carbocycles. The minimum atomic E-state index is 0.621. The Bertz CT molecular complexity index is 700. The molecule has 7 heteroatoms. The van der Waals surface area contributed by atoms with Gasteiger partial charge in [0.25, 0.3) is 5.22 Å². The third-order valence-corrected chi connectivity index (χ3v) is 5.11. The van der Waals surface area contributed by atoms with E-state index in [0.717, 1.165) is 33.7 Å². The molecule has 0 radical (unpaired) electrons. The lowest BCUT2D eigenvalue weighted by molar-refractivity contribution is 0.489. The van der Waals surface area contributed by atoms with E-state index in [2.05, 4.69) is 20.1 Å². The van der Waals surface area contributed by atoms with Crippen molar-refractivity contribution in [3.63, 3.8) is 0 Å². The smallest absolute Gasteiger partial charge is 0.264 e. The quantitative estimate of drug-likeness (QED) is 0.739. The van der Waals surface area contributed by atoms with Crippen molar-refractivity contribution in [2.75, 3.05) is 18.0 Å². The molecule has 20 heavy (non-hydrogen) atoms. The number of benzene rings is 1. The Morgan fingerprint density at radius 2 is 2.00 bits per heavy atom. The van der Waals surface area contributed by atoms with E-state index in [1.165, 1.54) is 24.6 Å². The van der Waals surface area contributed by atoms with E-state index in [4.69, 9.17) is 4.42 Å². The van der Waals surface area contributed by atoms with Gasteiger partial charge < -0.3 is 9.32 Å². The summed E-state index contributed by atoms with van der Waals surface area (Å²) in [7, 11) is 0. The molecule has 0 bridgehead atoms. The number of oxazole rings is 1. The molecule has 0 unspecified atom stereocenters. The molecule has 3 aromatic rings. The van der Waals surface area contributed by atoms with Crippen LogP contribution in [0.2, 0.25) is 0 Å². The molecule has 102 valence electrons. The zero-order chi connectivity index (χ0) is 13.4. The number of anilines is 1. The van der Waals surface area contributed by atoms with Gasteiger partial charge in [-0.2, -0.15) is 0 Å². The molecule has 1 fully saturated rings. The van der Waals surface area contributed by atoms with Crippen molar-refractivity contribution in [3.8, 4) is 0 Å². The zero-order valence-corrected chi connectivity index (χ0v) is 12.3. The molecule has 0 atom stereocenters. The average molecular weight is 304 g/mol. The van der Waals surface area contributed by atoms with Crippen molar-refractivity contribution in [2.24, 2.45) is 0 Å². The standard InChI is InChI=1S/C13H12N4OS2/c1-2-6-10-9(5-1)14-12(18-10)20-13-16-15-11(19-13)17-7-3-4-8-17/h1-2,5-6H,3-4,7-8H2. The Labute approximate surface area is 124 Å². The van der Waals surface area contributed by atoms with Crippen molar-refractivity contribution >= 4 is 39.3 Å². The van der Waals surface area contributed by atoms with Crippen LogP contribution in [0.1, 0.15) is 12.8 Å². The highest BCUT2D eigenvalue weighted by Gasteiger charge is 2.18. The number of nitrogens with zero attached hydrogens (tertiary/aromatic N) is 4. The second kappa shape index (κ2) is 5.06. The molecule has 1 aliphatic rings. The van der Waals surface area contributed by atoms with Crippen molar-refractivity contribution in [1.82, 2.24) is 15.2 Å². The number of hydrogen-bond acceptors (Lipinski definition) is 7. The van der Waals surface area contributed by atoms with Crippen LogP contribution >= 0.6 is 23.1 Å². The Morgan fingerprint density at radius 3 is 2.85 bits per heavy atom. The van der Waals surface area contributed by atoms with Gasteiger partial charge in [-0.05, 0) is 25.0 Å². The van der Waals surface area contributed by atoms with E-state index < -0.39 is 0 Å². The maximum Gasteiger partial charge on any atom is 0.264 e. The van der Waals surface area contributed by atoms with Gasteiger partial charge in [-0.3, -0.25) is 0 Å². The Kier molecular flexibility index (Phi) is 3.08. The molecule has 1 saturated heterocycles. The first-order valence-electron chi connectivity index (χ1n) is 6.50. The van der Waals surface area contributed by atoms with Crippen LogP contribution in [0.25, 0.3) is 11.1 Å². The fourth-order valence-corrected chi connectivity index (χ4v) is 3.99. The molecule has 4 rings (SSSR count). The Morgan fingerprint density at radius 1 is 1.15 bits per heavy atom. The maximum absolute atomic E-state index is 5.68. The summed E-state index contributed by atoms with van der Waals surface area (Å²) in [6.45, 7) is 2.17. The summed E-state index contributed by atoms with van der Waals surface area (Å²) in [5.41, 5.74) is 1.68. The summed E-state index contributed by atoms with van der Waals surface area (Å²) >= 11 is 3.03. The van der Waals surface area contributed by atoms with Crippen LogP contribution < -0.4 is 4.90 Å². The second-order valence-electron chi connectivity index (χ2n) is 4.59. The highest BCUT2D eigenvalue weighted by atomic mass is 32.2. The summed E-state index contributed by atoms with van der Waals surface area (Å²) in [6, 6.07) is 7.76. The average Bonchev–Trinajstić information content (AvgIpc) is 3.18. The van der Waals surface area contributed by atoms with Gasteiger partial charge in [-0.25, -0.2) is 4.98 Å². The lowest BCUT2D eigenvalue weighted by Gasteiger charge is -2.10. The minimum absolute atomic E-state index is 0.621. The molecule has 0 saturated carbocycles. The zero-order valence-electron chi connectivity index (χ0n) is 10.7. The minimum Gasteiger partial charge on any atom is -0.431 e. The van der Waals surface area contributed by atoms with Crippen LogP contribution in [0.3, 0.4) is 0 Å². The van der Waals surface area contributed by atoms with Gasteiger partial charge in [0.2, 0.25) is 5.13 Å². The van der Waals surface area contributed by atoms with Crippen LogP contribution in [0.5, 0.6) is 0 Å². The maximum atomic E-state index is 5.68. The molecule has 5 nitrogen and oxygen atoms in total. The van der Waals surface area contributed by atoms with E-state index in [1.807, 2.05) is 24.3 Å². The van der Waals surface area contributed by atoms with E-state index in [1.54, 1.807) is 11.3 Å². The first kappa shape index (κ1) is 12.2. The van der Waals surface area contributed by atoms with Crippen molar-refractivity contribution in [2.45, 2.75) is 22.4 Å². The Hall–Kier alpha value is -1.60. The normalized spacial score (nSPS) is 15.3. The number of fused-ring (bicyclic) bond motifs is 1. The summed E-state index contributed by atoms with van der Waals surface area (Å²) in [5, 5.41) is 10.1. The third kappa shape index (κ3) is 2.27. The van der Waals surface area contributed by atoms with E-state index in [-0.39, 0.29) is 0 Å². The van der Waals surface area contributed by atoms with Gasteiger partial charge in [0.1, 0.15) is 5.52 Å². The van der Waals surface area contributed by atoms with Crippen molar-refractivity contribution in [3.05, 3.63) is 24.3 Å². The molecule has 0 aliphatic carbocycles. The molecule has 3 heterocycles. The predicted molar refractivity (Wildman–Crippen MR) is 79.5 cm³/mol. The number of rotatable bonds is 3. The van der Waals surface area contributed by atoms with Gasteiger partial charge in [-0.15, -0.1) is 10.2 Å². The molecular weight excluding hydrogens is 292 g/mol. The number of hydrogen-bond donors (Lipinski definition) is 0. The molecule has 2 aromatic heterocycles. The SMILES string of the molecule is c1ccc2oc(Sc3nnc(N4CCCC4)s3)nc2c1. The number of para-hydroxylation sites is 2. The lowest BCUT2D eigenvalue weighted by Crippen LogP contribution is -2.17. The molecule has 0 amide bonds. The summed E-state index contributed by atoms with van der Waals surface area (Å²) in [4.78, 5) is 6.72. The predicted octanol–water partition coefficient (Wildman–Crippen LogP) is 3.43. The van der Waals surface area contributed by atoms with Gasteiger partial charge in [0.05, 0.1) is 0 Å². The first-order valence-corrected chi connectivity index (χ1v) is 8.14. The van der Waals surface area contributed by atoms with E-state index in [9.17, 15) is 0 Å². The molecule has 0 spiro atoms. The second-order valence-corrected chi connectivity index (χ2v) is 6.75. The van der Waals surface area contributed by atoms with Crippen molar-refractivity contribution in [1.29, 1.82) is 0 Å². The first-order chi connectivity index (χ1) is 9.88. The van der Waals surface area contributed by atoms with E-state index >= 15 is 0 Å². The van der Waals surface area contributed by atoms with Crippen LogP contribution in [-0.2, 0) is 0 Å². The van der Waals surface area contributed by atoms with Crippen LogP contribution in [0, 0.1) is 0 Å². The summed E-state index contributed by atoms with van der Waals surface area (Å²) in [6.07, 6.45) is 2.49. The summed E-state index contributed by atoms with van der Waals surface area (Å²) in [5.74, 6) is 0. The lowest BCUT2D eigenvalue weighted by atomic mass is 10.3. The number of aromatic nitrogens is 3. The van der Waals surface area contributed by atoms with E-state index in [0.29, 0.717) is 5.22 Å². The van der Waals surface area contributed by atoms with Crippen LogP contribution in [0.4, 0.5) is 5.13 Å². The largest absolute Gasteiger partial charge is 0.431 e. The Balaban J connectivity index is 1.56. The van der Waals surface area contributed by atoms with Crippen molar-refractivity contribution < 1.29 is 4.42 Å². The van der Waals surface area contributed by atoms with Gasteiger partial charge in [0, 0.05) is 24.9 Å².